The van der Waals surface area contributed by atoms with E-state index in [0.717, 1.165) is 47.3 Å². The molecular formula is C14H21N5S. The topological polar surface area (TPSA) is 62.7 Å². The van der Waals surface area contributed by atoms with Gasteiger partial charge in [0.2, 0.25) is 0 Å². The van der Waals surface area contributed by atoms with Crippen LogP contribution in [-0.2, 0) is 13.0 Å². The molecule has 20 heavy (non-hydrogen) atoms. The lowest BCUT2D eigenvalue weighted by atomic mass is 10.2. The van der Waals surface area contributed by atoms with Gasteiger partial charge in [0.05, 0.1) is 17.2 Å². The van der Waals surface area contributed by atoms with E-state index < -0.39 is 0 Å². The van der Waals surface area contributed by atoms with Crippen LogP contribution in [0, 0.1) is 6.92 Å². The molecule has 0 amide bonds. The van der Waals surface area contributed by atoms with E-state index in [1.54, 1.807) is 17.7 Å². The van der Waals surface area contributed by atoms with Crippen LogP contribution in [0.4, 0.5) is 11.6 Å². The third-order valence-corrected chi connectivity index (χ3v) is 3.77. The van der Waals surface area contributed by atoms with E-state index in [-0.39, 0.29) is 0 Å². The van der Waals surface area contributed by atoms with Crippen LogP contribution in [0.25, 0.3) is 0 Å². The number of nitrogens with zero attached hydrogens (tertiary/aromatic N) is 3. The molecule has 0 fully saturated rings. The normalized spacial score (nSPS) is 10.6. The maximum absolute atomic E-state index is 4.45. The first-order valence-corrected chi connectivity index (χ1v) is 7.85. The molecule has 0 atom stereocenters. The summed E-state index contributed by atoms with van der Waals surface area (Å²) in [5.41, 5.74) is 2.18. The van der Waals surface area contributed by atoms with Gasteiger partial charge in [0, 0.05) is 17.5 Å². The molecule has 2 heterocycles. The molecule has 0 aliphatic carbocycles. The molecule has 2 aromatic heterocycles. The number of aryl methyl sites for hydroxylation is 1. The van der Waals surface area contributed by atoms with Gasteiger partial charge in [0.25, 0.3) is 0 Å². The van der Waals surface area contributed by atoms with Crippen molar-refractivity contribution in [1.29, 1.82) is 0 Å². The molecule has 0 saturated carbocycles. The van der Waals surface area contributed by atoms with Gasteiger partial charge in [-0.15, -0.1) is 11.3 Å². The fraction of sp³-hybridized carbons (Fsp3) is 0.500. The molecule has 0 bridgehead atoms. The number of nitrogens with one attached hydrogen (secondary N) is 2. The lowest BCUT2D eigenvalue weighted by Gasteiger charge is -2.13. The number of hydrogen-bond acceptors (Lipinski definition) is 6. The second-order valence-electron chi connectivity index (χ2n) is 4.54. The van der Waals surface area contributed by atoms with Gasteiger partial charge in [-0.2, -0.15) is 0 Å². The summed E-state index contributed by atoms with van der Waals surface area (Å²) in [6, 6.07) is 0. The maximum atomic E-state index is 4.45. The van der Waals surface area contributed by atoms with Crippen LogP contribution >= 0.6 is 11.3 Å². The quantitative estimate of drug-likeness (QED) is 0.820. The van der Waals surface area contributed by atoms with Crippen LogP contribution in [-0.4, -0.2) is 21.5 Å². The Morgan fingerprint density at radius 2 is 1.90 bits per heavy atom. The molecule has 0 saturated heterocycles. The molecule has 2 aromatic rings. The highest BCUT2D eigenvalue weighted by molar-refractivity contribution is 7.09. The predicted molar refractivity (Wildman–Crippen MR) is 84.4 cm³/mol. The average molecular weight is 291 g/mol. The molecule has 0 radical (unpaired) electrons. The van der Waals surface area contributed by atoms with Crippen molar-refractivity contribution >= 4 is 23.0 Å². The largest absolute Gasteiger partial charge is 0.370 e. The minimum atomic E-state index is 0.696. The number of aromatic nitrogens is 3. The summed E-state index contributed by atoms with van der Waals surface area (Å²) in [4.78, 5) is 13.1. The Balaban J connectivity index is 2.10. The summed E-state index contributed by atoms with van der Waals surface area (Å²) in [6.07, 6.45) is 3.57. The van der Waals surface area contributed by atoms with Gasteiger partial charge < -0.3 is 10.6 Å². The van der Waals surface area contributed by atoms with Crippen LogP contribution in [0.2, 0.25) is 0 Å². The molecule has 108 valence electrons. The van der Waals surface area contributed by atoms with Crippen LogP contribution in [0.5, 0.6) is 0 Å². The Kier molecular flexibility index (Phi) is 5.29. The highest BCUT2D eigenvalue weighted by atomic mass is 32.1. The highest BCUT2D eigenvalue weighted by Crippen LogP contribution is 2.21. The lowest BCUT2D eigenvalue weighted by Crippen LogP contribution is -2.10. The number of hydrogen-bond donors (Lipinski definition) is 2. The number of anilines is 2. The molecule has 0 unspecified atom stereocenters. The van der Waals surface area contributed by atoms with Crippen molar-refractivity contribution in [3.8, 4) is 0 Å². The van der Waals surface area contributed by atoms with E-state index in [0.29, 0.717) is 6.54 Å². The standard InChI is InChI=1S/C14H21N5S/c1-4-6-15-13-12(5-2)14(18-9-17-13)16-7-11-8-20-10(3)19-11/h8-9H,4-7H2,1-3H3,(H2,15,16,17,18). The van der Waals surface area contributed by atoms with Crippen molar-refractivity contribution in [2.75, 3.05) is 17.2 Å². The zero-order valence-electron chi connectivity index (χ0n) is 12.2. The number of rotatable bonds is 7. The molecule has 2 rings (SSSR count). The van der Waals surface area contributed by atoms with E-state index in [1.807, 2.05) is 6.92 Å². The monoisotopic (exact) mass is 291 g/mol. The molecule has 6 heteroatoms. The zero-order valence-corrected chi connectivity index (χ0v) is 13.0. The summed E-state index contributed by atoms with van der Waals surface area (Å²) < 4.78 is 0. The van der Waals surface area contributed by atoms with Gasteiger partial charge in [0.15, 0.2) is 0 Å². The van der Waals surface area contributed by atoms with E-state index in [4.69, 9.17) is 0 Å². The van der Waals surface area contributed by atoms with Crippen molar-refractivity contribution in [3.63, 3.8) is 0 Å². The molecule has 0 aliphatic rings. The van der Waals surface area contributed by atoms with Crippen LogP contribution < -0.4 is 10.6 Å². The Bertz CT molecular complexity index is 552. The van der Waals surface area contributed by atoms with Crippen molar-refractivity contribution < 1.29 is 0 Å². The van der Waals surface area contributed by atoms with Gasteiger partial charge in [-0.3, -0.25) is 0 Å². The molecular weight excluding hydrogens is 270 g/mol. The Morgan fingerprint density at radius 1 is 1.15 bits per heavy atom. The predicted octanol–water partition coefficient (Wildman–Crippen LogP) is 3.24. The molecule has 2 N–H and O–H groups in total. The Labute approximate surface area is 123 Å². The van der Waals surface area contributed by atoms with Gasteiger partial charge in [0.1, 0.15) is 18.0 Å². The Morgan fingerprint density at radius 3 is 2.50 bits per heavy atom. The molecule has 5 nitrogen and oxygen atoms in total. The average Bonchev–Trinajstić information content (AvgIpc) is 2.88. The third kappa shape index (κ3) is 3.66. The first-order valence-electron chi connectivity index (χ1n) is 6.97. The summed E-state index contributed by atoms with van der Waals surface area (Å²) in [6.45, 7) is 7.90. The van der Waals surface area contributed by atoms with E-state index >= 15 is 0 Å². The van der Waals surface area contributed by atoms with E-state index in [2.05, 4.69) is 44.8 Å². The second-order valence-corrected chi connectivity index (χ2v) is 5.60. The SMILES string of the molecule is CCCNc1ncnc(NCc2csc(C)n2)c1CC. The smallest absolute Gasteiger partial charge is 0.135 e. The van der Waals surface area contributed by atoms with Gasteiger partial charge >= 0.3 is 0 Å². The van der Waals surface area contributed by atoms with Crippen molar-refractivity contribution in [2.45, 2.75) is 40.2 Å². The summed E-state index contributed by atoms with van der Waals surface area (Å²) in [7, 11) is 0. The summed E-state index contributed by atoms with van der Waals surface area (Å²) >= 11 is 1.67. The van der Waals surface area contributed by atoms with Crippen LogP contribution in [0.3, 0.4) is 0 Å². The van der Waals surface area contributed by atoms with Crippen LogP contribution in [0.15, 0.2) is 11.7 Å². The van der Waals surface area contributed by atoms with Crippen LogP contribution in [0.1, 0.15) is 36.5 Å². The summed E-state index contributed by atoms with van der Waals surface area (Å²) in [5, 5.41) is 9.88. The second kappa shape index (κ2) is 7.19. The number of thiazole rings is 1. The van der Waals surface area contributed by atoms with Crippen molar-refractivity contribution in [3.05, 3.63) is 28.0 Å². The summed E-state index contributed by atoms with van der Waals surface area (Å²) in [5.74, 6) is 1.83. The fourth-order valence-corrected chi connectivity index (χ4v) is 2.57. The molecule has 0 spiro atoms. The van der Waals surface area contributed by atoms with E-state index in [9.17, 15) is 0 Å². The van der Waals surface area contributed by atoms with Crippen molar-refractivity contribution in [2.24, 2.45) is 0 Å². The third-order valence-electron chi connectivity index (χ3n) is 2.94. The van der Waals surface area contributed by atoms with Gasteiger partial charge in [-0.05, 0) is 19.8 Å². The fourth-order valence-electron chi connectivity index (χ4n) is 1.96. The maximum Gasteiger partial charge on any atom is 0.135 e. The minimum absolute atomic E-state index is 0.696. The minimum Gasteiger partial charge on any atom is -0.370 e. The first-order chi connectivity index (χ1) is 9.74. The zero-order chi connectivity index (χ0) is 14.4. The van der Waals surface area contributed by atoms with Gasteiger partial charge in [-0.25, -0.2) is 15.0 Å². The highest BCUT2D eigenvalue weighted by Gasteiger charge is 2.09. The molecule has 0 aliphatic heterocycles. The lowest BCUT2D eigenvalue weighted by molar-refractivity contribution is 0.941. The van der Waals surface area contributed by atoms with Crippen molar-refractivity contribution in [1.82, 2.24) is 15.0 Å². The first kappa shape index (κ1) is 14.7. The Hall–Kier alpha value is -1.69. The van der Waals surface area contributed by atoms with E-state index in [1.165, 1.54) is 0 Å². The molecule has 0 aromatic carbocycles. The van der Waals surface area contributed by atoms with Gasteiger partial charge in [-0.1, -0.05) is 13.8 Å².